The highest BCUT2D eigenvalue weighted by molar-refractivity contribution is 5.98. The molecule has 5 rings (SSSR count). The lowest BCUT2D eigenvalue weighted by molar-refractivity contribution is -0.165. The molecule has 4 aliphatic carbocycles. The molecule has 0 aromatic heterocycles. The zero-order valence-electron chi connectivity index (χ0n) is 15.3. The molecule has 142 valence electrons. The summed E-state index contributed by atoms with van der Waals surface area (Å²) in [7, 11) is 2.89. The van der Waals surface area contributed by atoms with Crippen LogP contribution in [-0.4, -0.2) is 38.5 Å². The number of esters is 2. The molecule has 0 amide bonds. The van der Waals surface area contributed by atoms with Gasteiger partial charge in [-0.25, -0.2) is 0 Å². The first-order chi connectivity index (χ1) is 13.0. The zero-order chi connectivity index (χ0) is 19.1. The minimum atomic E-state index is -0.570. The highest BCUT2D eigenvalue weighted by Gasteiger charge is 2.63. The summed E-state index contributed by atoms with van der Waals surface area (Å²) >= 11 is 0. The molecule has 0 radical (unpaired) electrons. The van der Waals surface area contributed by atoms with Crippen molar-refractivity contribution in [2.75, 3.05) is 20.8 Å². The summed E-state index contributed by atoms with van der Waals surface area (Å²) in [6, 6.07) is 6.62. The molecule has 0 N–H and O–H groups in total. The smallest absolute Gasteiger partial charge is 0.310 e. The van der Waals surface area contributed by atoms with Crippen molar-refractivity contribution in [3.63, 3.8) is 0 Å². The van der Waals surface area contributed by atoms with Crippen LogP contribution in [-0.2, 0) is 19.1 Å². The van der Waals surface area contributed by atoms with E-state index in [1.54, 1.807) is 31.4 Å². The molecule has 0 spiro atoms. The minimum Gasteiger partial charge on any atom is -0.497 e. The monoisotopic (exact) mass is 370 g/mol. The molecule has 2 saturated carbocycles. The van der Waals surface area contributed by atoms with Crippen LogP contribution < -0.4 is 4.74 Å². The van der Waals surface area contributed by atoms with Crippen molar-refractivity contribution < 1.29 is 28.6 Å². The van der Waals surface area contributed by atoms with E-state index in [0.717, 1.165) is 6.42 Å². The maximum absolute atomic E-state index is 12.8. The van der Waals surface area contributed by atoms with E-state index in [9.17, 15) is 14.4 Å². The van der Waals surface area contributed by atoms with Gasteiger partial charge in [-0.05, 0) is 54.4 Å². The predicted molar refractivity (Wildman–Crippen MR) is 95.0 cm³/mol. The van der Waals surface area contributed by atoms with Crippen LogP contribution in [0, 0.1) is 35.5 Å². The number of hydrogen-bond acceptors (Lipinski definition) is 6. The fourth-order valence-electron chi connectivity index (χ4n) is 4.75. The third kappa shape index (κ3) is 3.03. The van der Waals surface area contributed by atoms with E-state index < -0.39 is 17.8 Å². The Kier molecular flexibility index (Phi) is 4.50. The number of ketones is 1. The number of hydrogen-bond donors (Lipinski definition) is 0. The molecule has 0 heterocycles. The van der Waals surface area contributed by atoms with E-state index in [1.165, 1.54) is 7.11 Å². The maximum Gasteiger partial charge on any atom is 0.310 e. The van der Waals surface area contributed by atoms with Crippen LogP contribution in [0.15, 0.2) is 36.4 Å². The van der Waals surface area contributed by atoms with E-state index in [2.05, 4.69) is 0 Å². The van der Waals surface area contributed by atoms with E-state index in [-0.39, 0.29) is 30.2 Å². The van der Waals surface area contributed by atoms with Crippen molar-refractivity contribution in [3.05, 3.63) is 42.0 Å². The molecule has 1 aromatic carbocycles. The fraction of sp³-hybridized carbons (Fsp3) is 0.476. The van der Waals surface area contributed by atoms with E-state index in [0.29, 0.717) is 23.1 Å². The Labute approximate surface area is 157 Å². The third-order valence-corrected chi connectivity index (χ3v) is 6.15. The molecule has 1 aromatic rings. The average Bonchev–Trinajstić information content (AvgIpc) is 3.53. The van der Waals surface area contributed by atoms with Gasteiger partial charge in [0.2, 0.25) is 0 Å². The van der Waals surface area contributed by atoms with E-state index in [4.69, 9.17) is 14.2 Å². The lowest BCUT2D eigenvalue weighted by Gasteiger charge is -2.41. The summed E-state index contributed by atoms with van der Waals surface area (Å²) < 4.78 is 15.4. The van der Waals surface area contributed by atoms with E-state index in [1.807, 2.05) is 12.2 Å². The number of benzene rings is 1. The van der Waals surface area contributed by atoms with Crippen LogP contribution >= 0.6 is 0 Å². The maximum atomic E-state index is 12.8. The molecule has 27 heavy (non-hydrogen) atoms. The summed E-state index contributed by atoms with van der Waals surface area (Å²) in [6.45, 7) is -0.343. The van der Waals surface area contributed by atoms with Crippen LogP contribution in [0.1, 0.15) is 16.8 Å². The van der Waals surface area contributed by atoms with Crippen molar-refractivity contribution in [3.8, 4) is 5.75 Å². The lowest BCUT2D eigenvalue weighted by atomic mass is 9.62. The predicted octanol–water partition coefficient (Wildman–Crippen LogP) is 2.28. The number of Topliss-reactive ketones (excluding diaryl/α,β-unsaturated/α-hetero) is 1. The Bertz CT molecular complexity index is 795. The second-order valence-electron chi connectivity index (χ2n) is 7.44. The molecular weight excluding hydrogens is 348 g/mol. The number of allylic oxidation sites excluding steroid dienone is 2. The summed E-state index contributed by atoms with van der Waals surface area (Å²) in [5.41, 5.74) is 0.445. The van der Waals surface area contributed by atoms with Gasteiger partial charge < -0.3 is 14.2 Å². The first-order valence-electron chi connectivity index (χ1n) is 9.15. The van der Waals surface area contributed by atoms with Crippen LogP contribution in [0.3, 0.4) is 0 Å². The zero-order valence-corrected chi connectivity index (χ0v) is 15.3. The lowest BCUT2D eigenvalue weighted by Crippen LogP contribution is -2.47. The molecule has 6 nitrogen and oxygen atoms in total. The van der Waals surface area contributed by atoms with Gasteiger partial charge >= 0.3 is 11.9 Å². The first kappa shape index (κ1) is 17.8. The highest BCUT2D eigenvalue weighted by Crippen LogP contribution is 2.63. The van der Waals surface area contributed by atoms with Crippen molar-refractivity contribution in [2.45, 2.75) is 6.42 Å². The quantitative estimate of drug-likeness (QED) is 0.434. The Hall–Kier alpha value is -2.63. The van der Waals surface area contributed by atoms with Gasteiger partial charge in [0.1, 0.15) is 5.75 Å². The molecule has 6 atom stereocenters. The number of carbonyl (C=O) groups excluding carboxylic acids is 3. The van der Waals surface area contributed by atoms with Gasteiger partial charge in [0.15, 0.2) is 12.4 Å². The summed E-state index contributed by atoms with van der Waals surface area (Å²) in [5, 5.41) is 0. The molecular formula is C21H22O6. The van der Waals surface area contributed by atoms with Gasteiger partial charge in [-0.2, -0.15) is 0 Å². The normalized spacial score (nSPS) is 32.4. The first-order valence-corrected chi connectivity index (χ1v) is 9.15. The second kappa shape index (κ2) is 6.83. The van der Waals surface area contributed by atoms with Crippen LogP contribution in [0.25, 0.3) is 0 Å². The van der Waals surface area contributed by atoms with Gasteiger partial charge in [0.05, 0.1) is 26.1 Å². The summed E-state index contributed by atoms with van der Waals surface area (Å²) in [6.07, 6.45) is 5.12. The average molecular weight is 370 g/mol. The number of methoxy groups -OCH3 is 2. The van der Waals surface area contributed by atoms with Crippen LogP contribution in [0.5, 0.6) is 5.75 Å². The van der Waals surface area contributed by atoms with Crippen LogP contribution in [0.2, 0.25) is 0 Å². The standard InChI is InChI=1S/C21H22O6/c1-25-12-5-3-11(4-6-12)17(22)10-27-21(24)19-14-8-7-13(15-9-16(14)15)18(19)20(23)26-2/h3-8,13-16,18-19H,9-10H2,1-2H3/t13-,14-,15+,16-,18+,19-/m0/s1. The minimum absolute atomic E-state index is 0.00677. The van der Waals surface area contributed by atoms with Crippen molar-refractivity contribution in [2.24, 2.45) is 35.5 Å². The molecule has 0 unspecified atom stereocenters. The van der Waals surface area contributed by atoms with Crippen molar-refractivity contribution in [1.82, 2.24) is 0 Å². The highest BCUT2D eigenvalue weighted by atomic mass is 16.5. The number of carbonyl (C=O) groups is 3. The molecule has 2 bridgehead atoms. The van der Waals surface area contributed by atoms with Gasteiger partial charge in [-0.15, -0.1) is 0 Å². The van der Waals surface area contributed by atoms with Gasteiger partial charge in [0, 0.05) is 5.56 Å². The second-order valence-corrected chi connectivity index (χ2v) is 7.44. The largest absolute Gasteiger partial charge is 0.497 e. The SMILES string of the molecule is COC(=O)[C@@H]1[C@H]2C=C[C@@H]([C@@H]3C[C@H]23)[C@@H]1C(=O)OCC(=O)c1ccc(OC)cc1. The third-order valence-electron chi connectivity index (χ3n) is 6.15. The Balaban J connectivity index is 1.44. The van der Waals surface area contributed by atoms with Crippen LogP contribution in [0.4, 0.5) is 0 Å². The topological polar surface area (TPSA) is 78.9 Å². The molecule has 2 fully saturated rings. The summed E-state index contributed by atoms with van der Waals surface area (Å²) in [5.74, 6) is -0.660. The molecule has 0 saturated heterocycles. The Morgan fingerprint density at radius 3 is 2.07 bits per heavy atom. The summed E-state index contributed by atoms with van der Waals surface area (Å²) in [4.78, 5) is 37.4. The van der Waals surface area contributed by atoms with Crippen molar-refractivity contribution >= 4 is 17.7 Å². The van der Waals surface area contributed by atoms with Gasteiger partial charge in [-0.3, -0.25) is 14.4 Å². The number of fused-ring (bicyclic) bond motifs is 1. The van der Waals surface area contributed by atoms with E-state index >= 15 is 0 Å². The molecule has 4 aliphatic rings. The Morgan fingerprint density at radius 1 is 0.926 bits per heavy atom. The van der Waals surface area contributed by atoms with Gasteiger partial charge in [-0.1, -0.05) is 12.2 Å². The van der Waals surface area contributed by atoms with Gasteiger partial charge in [0.25, 0.3) is 0 Å². The van der Waals surface area contributed by atoms with Crippen molar-refractivity contribution in [1.29, 1.82) is 0 Å². The molecule has 0 aliphatic heterocycles. The Morgan fingerprint density at radius 2 is 1.52 bits per heavy atom. The number of rotatable bonds is 6. The fourth-order valence-corrected chi connectivity index (χ4v) is 4.75. The molecule has 6 heteroatoms. The number of ether oxygens (including phenoxy) is 3.